The standard InChI is InChI=1S/C14H17N3O2S/c1-3-9(2)17-13(19)10-6-4-5-7-11(10)16-14(17)20-8-12(15)18/h4-7,9H,3,8H2,1-2H3,(H2,15,18)/t9-/m0/s1. The number of aromatic nitrogens is 2. The van der Waals surface area contributed by atoms with Crippen LogP contribution >= 0.6 is 11.8 Å². The summed E-state index contributed by atoms with van der Waals surface area (Å²) >= 11 is 1.21. The molecule has 20 heavy (non-hydrogen) atoms. The van der Waals surface area contributed by atoms with E-state index < -0.39 is 5.91 Å². The molecule has 1 heterocycles. The number of benzene rings is 1. The number of carbonyl (C=O) groups is 1. The SMILES string of the molecule is CC[C@H](C)n1c(SCC(N)=O)nc2ccccc2c1=O. The summed E-state index contributed by atoms with van der Waals surface area (Å²) in [6.45, 7) is 3.97. The Morgan fingerprint density at radius 3 is 2.80 bits per heavy atom. The molecule has 0 radical (unpaired) electrons. The van der Waals surface area contributed by atoms with E-state index in [1.165, 1.54) is 11.8 Å². The topological polar surface area (TPSA) is 78.0 Å². The number of rotatable bonds is 5. The number of fused-ring (bicyclic) bond motifs is 1. The van der Waals surface area contributed by atoms with Crippen molar-refractivity contribution in [3.05, 3.63) is 34.6 Å². The number of carbonyl (C=O) groups excluding carboxylic acids is 1. The first-order chi connectivity index (χ1) is 9.54. The molecule has 0 unspecified atom stereocenters. The highest BCUT2D eigenvalue weighted by atomic mass is 32.2. The van der Waals surface area contributed by atoms with Gasteiger partial charge in [0.1, 0.15) is 0 Å². The quantitative estimate of drug-likeness (QED) is 0.674. The number of hydrogen-bond donors (Lipinski definition) is 1. The van der Waals surface area contributed by atoms with E-state index >= 15 is 0 Å². The van der Waals surface area contributed by atoms with Crippen LogP contribution in [0.4, 0.5) is 0 Å². The predicted octanol–water partition coefficient (Wildman–Crippen LogP) is 1.94. The molecule has 6 heteroatoms. The summed E-state index contributed by atoms with van der Waals surface area (Å²) in [7, 11) is 0. The Hall–Kier alpha value is -1.82. The van der Waals surface area contributed by atoms with Crippen molar-refractivity contribution in [1.29, 1.82) is 0 Å². The summed E-state index contributed by atoms with van der Waals surface area (Å²) in [6, 6.07) is 7.25. The zero-order valence-electron chi connectivity index (χ0n) is 11.5. The van der Waals surface area contributed by atoms with Crippen LogP contribution in [0.15, 0.2) is 34.2 Å². The van der Waals surface area contributed by atoms with Gasteiger partial charge in [-0.15, -0.1) is 0 Å². The molecule has 5 nitrogen and oxygen atoms in total. The van der Waals surface area contributed by atoms with E-state index in [1.54, 1.807) is 16.7 Å². The normalized spacial score (nSPS) is 12.5. The molecule has 2 aromatic rings. The van der Waals surface area contributed by atoms with E-state index in [9.17, 15) is 9.59 Å². The predicted molar refractivity (Wildman–Crippen MR) is 80.9 cm³/mol. The minimum Gasteiger partial charge on any atom is -0.369 e. The van der Waals surface area contributed by atoms with E-state index in [0.717, 1.165) is 6.42 Å². The second kappa shape index (κ2) is 6.09. The van der Waals surface area contributed by atoms with Crippen LogP contribution in [-0.2, 0) is 4.79 Å². The lowest BCUT2D eigenvalue weighted by molar-refractivity contribution is -0.115. The largest absolute Gasteiger partial charge is 0.369 e. The molecule has 0 aliphatic rings. The van der Waals surface area contributed by atoms with Gasteiger partial charge in [-0.05, 0) is 25.5 Å². The maximum absolute atomic E-state index is 12.6. The van der Waals surface area contributed by atoms with Crippen LogP contribution in [0, 0.1) is 0 Å². The van der Waals surface area contributed by atoms with Gasteiger partial charge in [0.15, 0.2) is 5.16 Å². The molecule has 1 aromatic heterocycles. The Morgan fingerprint density at radius 2 is 2.15 bits per heavy atom. The molecule has 0 aliphatic heterocycles. The highest BCUT2D eigenvalue weighted by Gasteiger charge is 2.15. The van der Waals surface area contributed by atoms with Crippen molar-refractivity contribution in [2.45, 2.75) is 31.5 Å². The third kappa shape index (κ3) is 2.85. The second-order valence-corrected chi connectivity index (χ2v) is 5.54. The molecule has 2 N–H and O–H groups in total. The first-order valence-corrected chi connectivity index (χ1v) is 7.45. The van der Waals surface area contributed by atoms with Gasteiger partial charge in [0.2, 0.25) is 5.91 Å². The molecule has 1 aromatic carbocycles. The van der Waals surface area contributed by atoms with E-state index in [-0.39, 0.29) is 17.4 Å². The number of nitrogens with two attached hydrogens (primary N) is 1. The third-order valence-corrected chi connectivity index (χ3v) is 4.13. The van der Waals surface area contributed by atoms with Gasteiger partial charge in [-0.2, -0.15) is 0 Å². The second-order valence-electron chi connectivity index (χ2n) is 4.60. The zero-order valence-corrected chi connectivity index (χ0v) is 12.3. The highest BCUT2D eigenvalue weighted by Crippen LogP contribution is 2.21. The lowest BCUT2D eigenvalue weighted by atomic mass is 10.2. The van der Waals surface area contributed by atoms with Crippen LogP contribution in [0.1, 0.15) is 26.3 Å². The van der Waals surface area contributed by atoms with Gasteiger partial charge in [-0.25, -0.2) is 4.98 Å². The fourth-order valence-corrected chi connectivity index (χ4v) is 2.77. The molecular formula is C14H17N3O2S. The van der Waals surface area contributed by atoms with Crippen LogP contribution in [0.3, 0.4) is 0 Å². The Balaban J connectivity index is 2.63. The van der Waals surface area contributed by atoms with Crippen LogP contribution < -0.4 is 11.3 Å². The van der Waals surface area contributed by atoms with Crippen molar-refractivity contribution >= 4 is 28.6 Å². The first-order valence-electron chi connectivity index (χ1n) is 6.47. The summed E-state index contributed by atoms with van der Waals surface area (Å²) in [4.78, 5) is 28.0. The number of nitrogens with zero attached hydrogens (tertiary/aromatic N) is 2. The molecule has 0 saturated carbocycles. The number of amides is 1. The molecule has 0 aliphatic carbocycles. The molecule has 0 spiro atoms. The van der Waals surface area contributed by atoms with E-state index in [1.807, 2.05) is 26.0 Å². The number of primary amides is 1. The Bertz CT molecular complexity index is 696. The third-order valence-electron chi connectivity index (χ3n) is 3.15. The fourth-order valence-electron chi connectivity index (χ4n) is 1.93. The van der Waals surface area contributed by atoms with Crippen molar-refractivity contribution in [1.82, 2.24) is 9.55 Å². The zero-order chi connectivity index (χ0) is 14.7. The average Bonchev–Trinajstić information content (AvgIpc) is 2.44. The highest BCUT2D eigenvalue weighted by molar-refractivity contribution is 7.99. The molecule has 0 fully saturated rings. The van der Waals surface area contributed by atoms with E-state index in [4.69, 9.17) is 5.73 Å². The molecule has 106 valence electrons. The minimum absolute atomic E-state index is 0.0231. The van der Waals surface area contributed by atoms with Gasteiger partial charge < -0.3 is 5.73 Å². The maximum Gasteiger partial charge on any atom is 0.262 e. The molecule has 0 bridgehead atoms. The van der Waals surface area contributed by atoms with E-state index in [2.05, 4.69) is 4.98 Å². The number of hydrogen-bond acceptors (Lipinski definition) is 4. The molecule has 1 amide bonds. The van der Waals surface area contributed by atoms with Crippen molar-refractivity contribution in [3.8, 4) is 0 Å². The lowest BCUT2D eigenvalue weighted by Gasteiger charge is -2.17. The summed E-state index contributed by atoms with van der Waals surface area (Å²) in [5.74, 6) is -0.311. The Kier molecular flexibility index (Phi) is 4.44. The monoisotopic (exact) mass is 291 g/mol. The number of thioether (sulfide) groups is 1. The average molecular weight is 291 g/mol. The van der Waals surface area contributed by atoms with Crippen LogP contribution in [0.2, 0.25) is 0 Å². The smallest absolute Gasteiger partial charge is 0.262 e. The van der Waals surface area contributed by atoms with Crippen molar-refractivity contribution in [3.63, 3.8) is 0 Å². The van der Waals surface area contributed by atoms with Crippen LogP contribution in [0.5, 0.6) is 0 Å². The summed E-state index contributed by atoms with van der Waals surface area (Å²) in [5, 5.41) is 1.14. The molecule has 0 saturated heterocycles. The van der Waals surface area contributed by atoms with Crippen molar-refractivity contribution in [2.75, 3.05) is 5.75 Å². The minimum atomic E-state index is -0.423. The number of para-hydroxylation sites is 1. The lowest BCUT2D eigenvalue weighted by Crippen LogP contribution is -2.26. The Morgan fingerprint density at radius 1 is 1.45 bits per heavy atom. The Labute approximate surface area is 121 Å². The molecule has 1 atom stereocenters. The van der Waals surface area contributed by atoms with Gasteiger partial charge >= 0.3 is 0 Å². The van der Waals surface area contributed by atoms with Gasteiger partial charge in [0, 0.05) is 6.04 Å². The van der Waals surface area contributed by atoms with Crippen LogP contribution in [0.25, 0.3) is 10.9 Å². The summed E-state index contributed by atoms with van der Waals surface area (Å²) in [5.41, 5.74) is 5.75. The maximum atomic E-state index is 12.6. The van der Waals surface area contributed by atoms with Gasteiger partial charge in [0.05, 0.1) is 16.7 Å². The summed E-state index contributed by atoms with van der Waals surface area (Å²) in [6.07, 6.45) is 0.810. The first kappa shape index (κ1) is 14.6. The van der Waals surface area contributed by atoms with Crippen LogP contribution in [-0.4, -0.2) is 21.2 Å². The van der Waals surface area contributed by atoms with Gasteiger partial charge in [-0.3, -0.25) is 14.2 Å². The fraction of sp³-hybridized carbons (Fsp3) is 0.357. The molecule has 2 rings (SSSR count). The van der Waals surface area contributed by atoms with Gasteiger partial charge in [0.25, 0.3) is 5.56 Å². The van der Waals surface area contributed by atoms with Gasteiger partial charge in [-0.1, -0.05) is 30.8 Å². The summed E-state index contributed by atoms with van der Waals surface area (Å²) < 4.78 is 1.65. The van der Waals surface area contributed by atoms with Crippen molar-refractivity contribution in [2.24, 2.45) is 5.73 Å². The molecular weight excluding hydrogens is 274 g/mol. The van der Waals surface area contributed by atoms with E-state index in [0.29, 0.717) is 16.1 Å². The van der Waals surface area contributed by atoms with Crippen molar-refractivity contribution < 1.29 is 4.79 Å².